The van der Waals surface area contributed by atoms with Gasteiger partial charge in [0.1, 0.15) is 6.26 Å². The Bertz CT molecular complexity index is 295. The third-order valence-corrected chi connectivity index (χ3v) is 1.19. The fraction of sp³-hybridized carbons (Fsp3) is 0.167. The van der Waals surface area contributed by atoms with Crippen molar-refractivity contribution in [1.82, 2.24) is 21.3 Å². The average Bonchev–Trinajstić information content (AvgIpc) is 2.66. The van der Waals surface area contributed by atoms with Crippen LogP contribution in [0, 0.1) is 0 Å². The van der Waals surface area contributed by atoms with Crippen molar-refractivity contribution < 1.29 is 14.1 Å². The van der Waals surface area contributed by atoms with E-state index in [0.29, 0.717) is 0 Å². The van der Waals surface area contributed by atoms with Gasteiger partial charge in [-0.15, -0.1) is 0 Å². The van der Waals surface area contributed by atoms with E-state index in [1.165, 1.54) is 19.4 Å². The van der Waals surface area contributed by atoms with Crippen LogP contribution < -0.4 is 16.2 Å². The molecule has 0 fully saturated rings. The molecule has 1 rings (SSSR count). The molecule has 70 valence electrons. The van der Waals surface area contributed by atoms with Gasteiger partial charge in [-0.3, -0.25) is 10.2 Å². The van der Waals surface area contributed by atoms with E-state index in [1.807, 2.05) is 0 Å². The van der Waals surface area contributed by atoms with Crippen LogP contribution in [0.4, 0.5) is 4.79 Å². The molecular weight excluding hydrogens is 176 g/mol. The predicted octanol–water partition coefficient (Wildman–Crippen LogP) is -0.752. The van der Waals surface area contributed by atoms with Crippen LogP contribution in [0.3, 0.4) is 0 Å². The summed E-state index contributed by atoms with van der Waals surface area (Å²) in [4.78, 5) is 21.7. The van der Waals surface area contributed by atoms with Crippen molar-refractivity contribution in [3.63, 3.8) is 0 Å². The van der Waals surface area contributed by atoms with Crippen LogP contribution in [-0.2, 0) is 0 Å². The van der Waals surface area contributed by atoms with Gasteiger partial charge in [0.2, 0.25) is 0 Å². The summed E-state index contributed by atoms with van der Waals surface area (Å²) in [6.07, 6.45) is 1.26. The Morgan fingerprint density at radius 3 is 2.77 bits per heavy atom. The molecular formula is C6H8N4O3. The largest absolute Gasteiger partial charge is 0.364 e. The highest BCUT2D eigenvalue weighted by atomic mass is 16.5. The maximum atomic E-state index is 11.1. The molecule has 3 amide bonds. The van der Waals surface area contributed by atoms with Gasteiger partial charge in [0.25, 0.3) is 5.91 Å². The molecule has 1 heterocycles. The van der Waals surface area contributed by atoms with Crippen molar-refractivity contribution in [3.8, 4) is 0 Å². The summed E-state index contributed by atoms with van der Waals surface area (Å²) in [6, 6.07) is 0.859. The molecule has 0 saturated heterocycles. The molecule has 0 radical (unpaired) electrons. The van der Waals surface area contributed by atoms with Crippen LogP contribution in [-0.4, -0.2) is 24.1 Å². The van der Waals surface area contributed by atoms with Crippen molar-refractivity contribution in [2.75, 3.05) is 7.05 Å². The number of hydrazine groups is 1. The second-order valence-corrected chi connectivity index (χ2v) is 2.04. The first-order valence-corrected chi connectivity index (χ1v) is 3.42. The Hall–Kier alpha value is -2.05. The zero-order valence-corrected chi connectivity index (χ0v) is 6.83. The molecule has 0 spiro atoms. The Kier molecular flexibility index (Phi) is 2.85. The van der Waals surface area contributed by atoms with Gasteiger partial charge < -0.3 is 9.84 Å². The van der Waals surface area contributed by atoms with E-state index in [1.54, 1.807) is 0 Å². The van der Waals surface area contributed by atoms with Gasteiger partial charge in [-0.25, -0.2) is 10.2 Å². The van der Waals surface area contributed by atoms with E-state index in [0.717, 1.165) is 0 Å². The van der Waals surface area contributed by atoms with Crippen LogP contribution in [0.5, 0.6) is 0 Å². The number of hydrogen-bond acceptors (Lipinski definition) is 4. The van der Waals surface area contributed by atoms with E-state index in [-0.39, 0.29) is 5.69 Å². The topological polar surface area (TPSA) is 96.3 Å². The highest BCUT2D eigenvalue weighted by Crippen LogP contribution is 1.91. The first-order valence-electron chi connectivity index (χ1n) is 3.42. The van der Waals surface area contributed by atoms with E-state index in [9.17, 15) is 9.59 Å². The van der Waals surface area contributed by atoms with Gasteiger partial charge >= 0.3 is 6.03 Å². The monoisotopic (exact) mass is 184 g/mol. The van der Waals surface area contributed by atoms with Crippen LogP contribution >= 0.6 is 0 Å². The van der Waals surface area contributed by atoms with Crippen molar-refractivity contribution in [2.45, 2.75) is 0 Å². The van der Waals surface area contributed by atoms with Gasteiger partial charge in [0.15, 0.2) is 5.69 Å². The molecule has 0 aliphatic heterocycles. The van der Waals surface area contributed by atoms with E-state index in [2.05, 4.69) is 25.8 Å². The second kappa shape index (κ2) is 4.10. The summed E-state index contributed by atoms with van der Waals surface area (Å²) in [7, 11) is 1.43. The summed E-state index contributed by atoms with van der Waals surface area (Å²) < 4.78 is 4.43. The summed E-state index contributed by atoms with van der Waals surface area (Å²) in [5.41, 5.74) is 4.30. The van der Waals surface area contributed by atoms with Gasteiger partial charge in [-0.05, 0) is 0 Å². The Balaban J connectivity index is 2.39. The maximum absolute atomic E-state index is 11.1. The quantitative estimate of drug-likeness (QED) is 0.500. The van der Waals surface area contributed by atoms with Gasteiger partial charge in [-0.2, -0.15) is 0 Å². The maximum Gasteiger partial charge on any atom is 0.333 e. The van der Waals surface area contributed by atoms with E-state index in [4.69, 9.17) is 0 Å². The second-order valence-electron chi connectivity index (χ2n) is 2.04. The molecule has 1 aromatic heterocycles. The number of hydrogen-bond donors (Lipinski definition) is 3. The highest BCUT2D eigenvalue weighted by molar-refractivity contribution is 5.93. The zero-order chi connectivity index (χ0) is 9.68. The smallest absolute Gasteiger partial charge is 0.333 e. The van der Waals surface area contributed by atoms with Crippen molar-refractivity contribution >= 4 is 11.9 Å². The molecule has 1 aromatic rings. The minimum absolute atomic E-state index is 0.0939. The summed E-state index contributed by atoms with van der Waals surface area (Å²) in [5, 5.41) is 5.62. The lowest BCUT2D eigenvalue weighted by molar-refractivity contribution is 0.0927. The molecule has 7 heteroatoms. The molecule has 0 aromatic carbocycles. The third kappa shape index (κ3) is 2.47. The van der Waals surface area contributed by atoms with E-state index < -0.39 is 11.9 Å². The summed E-state index contributed by atoms with van der Waals surface area (Å²) >= 11 is 0. The zero-order valence-electron chi connectivity index (χ0n) is 6.83. The minimum Gasteiger partial charge on any atom is -0.364 e. The number of nitrogens with one attached hydrogen (secondary N) is 3. The molecule has 13 heavy (non-hydrogen) atoms. The number of amides is 3. The standard InChI is InChI=1S/C6H8N4O3/c1-7-6(12)9-8-5(11)4-2-3-13-10-4/h2-3H,1H3,(H,8,11)(H2,7,9,12). The lowest BCUT2D eigenvalue weighted by atomic mass is 10.4. The molecule has 7 nitrogen and oxygen atoms in total. The molecule has 0 atom stereocenters. The Morgan fingerprint density at radius 2 is 2.23 bits per heavy atom. The molecule has 0 saturated carbocycles. The number of carbonyl (C=O) groups is 2. The average molecular weight is 184 g/mol. The van der Waals surface area contributed by atoms with Crippen LogP contribution in [0.15, 0.2) is 16.9 Å². The van der Waals surface area contributed by atoms with Crippen molar-refractivity contribution in [3.05, 3.63) is 18.0 Å². The van der Waals surface area contributed by atoms with Crippen molar-refractivity contribution in [2.24, 2.45) is 0 Å². The molecule has 3 N–H and O–H groups in total. The number of carbonyl (C=O) groups excluding carboxylic acids is 2. The lowest BCUT2D eigenvalue weighted by Gasteiger charge is -2.03. The normalized spacial score (nSPS) is 9.00. The summed E-state index contributed by atoms with van der Waals surface area (Å²) in [5.74, 6) is -0.544. The number of nitrogens with zero attached hydrogens (tertiary/aromatic N) is 1. The van der Waals surface area contributed by atoms with Gasteiger partial charge in [0.05, 0.1) is 0 Å². The van der Waals surface area contributed by atoms with Gasteiger partial charge in [-0.1, -0.05) is 5.16 Å². The van der Waals surface area contributed by atoms with Crippen LogP contribution in [0.25, 0.3) is 0 Å². The molecule has 0 aliphatic carbocycles. The minimum atomic E-state index is -0.544. The SMILES string of the molecule is CNC(=O)NNC(=O)c1ccon1. The predicted molar refractivity (Wildman–Crippen MR) is 41.6 cm³/mol. The lowest BCUT2D eigenvalue weighted by Crippen LogP contribution is -2.45. The van der Waals surface area contributed by atoms with Crippen molar-refractivity contribution in [1.29, 1.82) is 0 Å². The number of rotatable bonds is 1. The summed E-state index contributed by atoms with van der Waals surface area (Å²) in [6.45, 7) is 0. The van der Waals surface area contributed by atoms with Crippen LogP contribution in [0.1, 0.15) is 10.5 Å². The Labute approximate surface area is 73.4 Å². The van der Waals surface area contributed by atoms with E-state index >= 15 is 0 Å². The van der Waals surface area contributed by atoms with Gasteiger partial charge in [0, 0.05) is 13.1 Å². The number of aromatic nitrogens is 1. The number of urea groups is 1. The Morgan fingerprint density at radius 1 is 1.46 bits per heavy atom. The molecule has 0 bridgehead atoms. The first-order chi connectivity index (χ1) is 6.24. The molecule has 0 unspecified atom stereocenters. The fourth-order valence-electron chi connectivity index (χ4n) is 0.570. The highest BCUT2D eigenvalue weighted by Gasteiger charge is 2.08. The third-order valence-electron chi connectivity index (χ3n) is 1.19. The first kappa shape index (κ1) is 9.04. The van der Waals surface area contributed by atoms with Crippen LogP contribution in [0.2, 0.25) is 0 Å². The molecule has 0 aliphatic rings. The fourth-order valence-corrected chi connectivity index (χ4v) is 0.570.